The molecule has 2 nitrogen and oxygen atoms in total. The fraction of sp³-hybridized carbons (Fsp3) is 0.300. The highest BCUT2D eigenvalue weighted by Crippen LogP contribution is 2.15. The molecule has 1 N–H and O–H groups in total. The molecule has 0 saturated heterocycles. The number of halogens is 3. The Morgan fingerprint density at radius 2 is 1.93 bits per heavy atom. The molecule has 0 radical (unpaired) electrons. The van der Waals surface area contributed by atoms with Crippen molar-refractivity contribution in [2.75, 3.05) is 5.88 Å². The second kappa shape index (κ2) is 5.07. The summed E-state index contributed by atoms with van der Waals surface area (Å²) in [5.41, 5.74) is 0.367. The molecule has 0 spiro atoms. The minimum atomic E-state index is -0.669. The number of nitrogens with one attached hydrogen (secondary N) is 1. The van der Waals surface area contributed by atoms with Crippen molar-refractivity contribution in [3.63, 3.8) is 0 Å². The first-order valence-corrected chi connectivity index (χ1v) is 4.87. The third kappa shape index (κ3) is 3.47. The van der Waals surface area contributed by atoms with E-state index in [0.717, 1.165) is 6.07 Å². The standard InChI is InChI=1S/C10H10ClF2NO/c1-6(14-10(15)5-11)7-2-8(12)4-9(13)3-7/h2-4,6H,5H2,1H3,(H,14,15)/t6-/m1/s1. The highest BCUT2D eigenvalue weighted by Gasteiger charge is 2.10. The summed E-state index contributed by atoms with van der Waals surface area (Å²) in [6.07, 6.45) is 0. The molecule has 0 unspecified atom stereocenters. The van der Waals surface area contributed by atoms with Crippen molar-refractivity contribution in [3.05, 3.63) is 35.4 Å². The van der Waals surface area contributed by atoms with Crippen LogP contribution in [0.2, 0.25) is 0 Å². The van der Waals surface area contributed by atoms with E-state index in [2.05, 4.69) is 5.32 Å². The van der Waals surface area contributed by atoms with Crippen LogP contribution in [0.4, 0.5) is 8.78 Å². The van der Waals surface area contributed by atoms with E-state index < -0.39 is 17.7 Å². The second-order valence-corrected chi connectivity index (χ2v) is 3.39. The molecule has 0 aromatic heterocycles. The first-order valence-electron chi connectivity index (χ1n) is 4.34. The maximum atomic E-state index is 12.8. The van der Waals surface area contributed by atoms with E-state index in [-0.39, 0.29) is 11.8 Å². The lowest BCUT2D eigenvalue weighted by Gasteiger charge is -2.13. The topological polar surface area (TPSA) is 29.1 Å². The number of hydrogen-bond donors (Lipinski definition) is 1. The Kier molecular flexibility index (Phi) is 4.03. The van der Waals surface area contributed by atoms with Crippen LogP contribution < -0.4 is 5.32 Å². The monoisotopic (exact) mass is 233 g/mol. The van der Waals surface area contributed by atoms with Crippen molar-refractivity contribution in [2.24, 2.45) is 0 Å². The van der Waals surface area contributed by atoms with Crippen molar-refractivity contribution in [2.45, 2.75) is 13.0 Å². The summed E-state index contributed by atoms with van der Waals surface area (Å²) in [6.45, 7) is 1.62. The number of carbonyl (C=O) groups excluding carboxylic acids is 1. The number of amides is 1. The number of benzene rings is 1. The first-order chi connectivity index (χ1) is 7.02. The zero-order valence-electron chi connectivity index (χ0n) is 8.06. The summed E-state index contributed by atoms with van der Waals surface area (Å²) in [5.74, 6) is -1.90. The van der Waals surface area contributed by atoms with Crippen LogP contribution in [0.3, 0.4) is 0 Å². The molecule has 0 aliphatic rings. The van der Waals surface area contributed by atoms with Crippen LogP contribution >= 0.6 is 11.6 Å². The summed E-state index contributed by atoms with van der Waals surface area (Å²) in [4.78, 5) is 10.9. The van der Waals surface area contributed by atoms with Gasteiger partial charge in [-0.2, -0.15) is 0 Å². The van der Waals surface area contributed by atoms with Gasteiger partial charge in [0.15, 0.2) is 0 Å². The van der Waals surface area contributed by atoms with Crippen LogP contribution in [0.1, 0.15) is 18.5 Å². The van der Waals surface area contributed by atoms with E-state index in [4.69, 9.17) is 11.6 Å². The smallest absolute Gasteiger partial charge is 0.235 e. The molecule has 1 atom stereocenters. The van der Waals surface area contributed by atoms with Gasteiger partial charge in [0.25, 0.3) is 0 Å². The maximum Gasteiger partial charge on any atom is 0.235 e. The first kappa shape index (κ1) is 11.9. The van der Waals surface area contributed by atoms with Crippen LogP contribution in [0, 0.1) is 11.6 Å². The lowest BCUT2D eigenvalue weighted by molar-refractivity contribution is -0.119. The normalized spacial score (nSPS) is 12.3. The maximum absolute atomic E-state index is 12.8. The predicted molar refractivity (Wildman–Crippen MR) is 53.6 cm³/mol. The molecule has 0 fully saturated rings. The second-order valence-electron chi connectivity index (χ2n) is 3.13. The zero-order valence-corrected chi connectivity index (χ0v) is 8.81. The Morgan fingerprint density at radius 3 is 2.40 bits per heavy atom. The molecule has 0 bridgehead atoms. The third-order valence-electron chi connectivity index (χ3n) is 1.88. The molecular formula is C10H10ClF2NO. The number of alkyl halides is 1. The van der Waals surface area contributed by atoms with E-state index in [0.29, 0.717) is 5.56 Å². The highest BCUT2D eigenvalue weighted by atomic mass is 35.5. The Hall–Kier alpha value is -1.16. The Bertz CT molecular complexity index is 350. The van der Waals surface area contributed by atoms with Gasteiger partial charge < -0.3 is 5.32 Å². The van der Waals surface area contributed by atoms with Gasteiger partial charge >= 0.3 is 0 Å². The molecule has 0 heterocycles. The summed E-state index contributed by atoms with van der Waals surface area (Å²) in [6, 6.07) is 2.64. The van der Waals surface area contributed by atoms with Crippen LogP contribution in [0.5, 0.6) is 0 Å². The Balaban J connectivity index is 2.81. The van der Waals surface area contributed by atoms with E-state index >= 15 is 0 Å². The molecule has 0 saturated carbocycles. The molecule has 0 aliphatic heterocycles. The molecule has 0 aliphatic carbocycles. The average Bonchev–Trinajstić information content (AvgIpc) is 2.16. The largest absolute Gasteiger partial charge is 0.349 e. The van der Waals surface area contributed by atoms with Crippen molar-refractivity contribution >= 4 is 17.5 Å². The summed E-state index contributed by atoms with van der Waals surface area (Å²) in [5, 5.41) is 2.50. The molecule has 15 heavy (non-hydrogen) atoms. The highest BCUT2D eigenvalue weighted by molar-refractivity contribution is 6.27. The zero-order chi connectivity index (χ0) is 11.4. The van der Waals surface area contributed by atoms with Gasteiger partial charge in [0.1, 0.15) is 17.5 Å². The molecular weight excluding hydrogens is 224 g/mol. The van der Waals surface area contributed by atoms with Gasteiger partial charge in [-0.3, -0.25) is 4.79 Å². The Labute approximate surface area is 91.2 Å². The van der Waals surface area contributed by atoms with Crippen LogP contribution in [-0.4, -0.2) is 11.8 Å². The average molecular weight is 234 g/mol. The molecule has 82 valence electrons. The van der Waals surface area contributed by atoms with Gasteiger partial charge in [0.2, 0.25) is 5.91 Å². The molecule has 1 rings (SSSR count). The van der Waals surface area contributed by atoms with E-state index in [1.54, 1.807) is 6.92 Å². The summed E-state index contributed by atoms with van der Waals surface area (Å²) >= 11 is 5.29. The van der Waals surface area contributed by atoms with Gasteiger partial charge in [-0.1, -0.05) is 0 Å². The van der Waals surface area contributed by atoms with Crippen molar-refractivity contribution in [1.82, 2.24) is 5.32 Å². The van der Waals surface area contributed by atoms with Gasteiger partial charge in [-0.05, 0) is 24.6 Å². The summed E-state index contributed by atoms with van der Waals surface area (Å²) < 4.78 is 25.7. The van der Waals surface area contributed by atoms with E-state index in [9.17, 15) is 13.6 Å². The van der Waals surface area contributed by atoms with Crippen LogP contribution in [0.15, 0.2) is 18.2 Å². The SMILES string of the molecule is C[C@@H](NC(=O)CCl)c1cc(F)cc(F)c1. The molecule has 5 heteroatoms. The third-order valence-corrected chi connectivity index (χ3v) is 2.13. The quantitative estimate of drug-likeness (QED) is 0.798. The molecule has 1 aromatic rings. The molecule has 1 aromatic carbocycles. The van der Waals surface area contributed by atoms with Crippen molar-refractivity contribution in [1.29, 1.82) is 0 Å². The lowest BCUT2D eigenvalue weighted by Crippen LogP contribution is -2.27. The summed E-state index contributed by atoms with van der Waals surface area (Å²) in [7, 11) is 0. The number of rotatable bonds is 3. The van der Waals surface area contributed by atoms with Crippen molar-refractivity contribution < 1.29 is 13.6 Å². The van der Waals surface area contributed by atoms with Gasteiger partial charge in [-0.15, -0.1) is 11.6 Å². The van der Waals surface area contributed by atoms with Crippen LogP contribution in [-0.2, 0) is 4.79 Å². The molecule has 1 amide bonds. The minimum Gasteiger partial charge on any atom is -0.349 e. The van der Waals surface area contributed by atoms with Crippen molar-refractivity contribution in [3.8, 4) is 0 Å². The van der Waals surface area contributed by atoms with E-state index in [1.165, 1.54) is 12.1 Å². The Morgan fingerprint density at radius 1 is 1.40 bits per heavy atom. The lowest BCUT2D eigenvalue weighted by atomic mass is 10.1. The minimum absolute atomic E-state index is 0.178. The van der Waals surface area contributed by atoms with Crippen LogP contribution in [0.25, 0.3) is 0 Å². The van der Waals surface area contributed by atoms with Gasteiger partial charge in [-0.25, -0.2) is 8.78 Å². The fourth-order valence-electron chi connectivity index (χ4n) is 1.19. The predicted octanol–water partition coefficient (Wildman–Crippen LogP) is 2.38. The number of carbonyl (C=O) groups is 1. The van der Waals surface area contributed by atoms with Gasteiger partial charge in [0, 0.05) is 6.07 Å². The fourth-order valence-corrected chi connectivity index (χ4v) is 1.27. The number of hydrogen-bond acceptors (Lipinski definition) is 1. The van der Waals surface area contributed by atoms with Gasteiger partial charge in [0.05, 0.1) is 6.04 Å². The van der Waals surface area contributed by atoms with E-state index in [1.807, 2.05) is 0 Å².